The van der Waals surface area contributed by atoms with Crippen LogP contribution in [0.15, 0.2) is 42.7 Å². The number of carbonyl (C=O) groups excluding carboxylic acids is 1. The molecular weight excluding hydrogens is 426 g/mol. The molecule has 2 unspecified atom stereocenters. The maximum absolute atomic E-state index is 13.9. The standard InChI is InChI=1S/C25H30F2N4O2/c1-16(2)24(31-15-29-21-12-19(26)20(27)13-22(21)31)25(32)28-14-23(30-7-9-33-10-8-30)18-6-4-5-17(3)11-18/h4-6,11-13,15-16,23-24H,7-10,14H2,1-3H3,(H,28,32). The van der Waals surface area contributed by atoms with E-state index in [0.717, 1.165) is 36.3 Å². The Morgan fingerprint density at radius 2 is 1.88 bits per heavy atom. The van der Waals surface area contributed by atoms with Gasteiger partial charge in [0.2, 0.25) is 5.91 Å². The molecule has 4 rings (SSSR count). The Morgan fingerprint density at radius 1 is 1.15 bits per heavy atom. The second-order valence-corrected chi connectivity index (χ2v) is 8.92. The number of nitrogens with zero attached hydrogens (tertiary/aromatic N) is 3. The predicted octanol–water partition coefficient (Wildman–Crippen LogP) is 4.01. The van der Waals surface area contributed by atoms with Crippen LogP contribution in [0.4, 0.5) is 8.78 Å². The third kappa shape index (κ3) is 5.07. The summed E-state index contributed by atoms with van der Waals surface area (Å²) in [5.41, 5.74) is 3.02. The fraction of sp³-hybridized carbons (Fsp3) is 0.440. The lowest BCUT2D eigenvalue weighted by Gasteiger charge is -2.35. The van der Waals surface area contributed by atoms with Crippen LogP contribution in [0, 0.1) is 24.5 Å². The van der Waals surface area contributed by atoms with Gasteiger partial charge in [0.15, 0.2) is 11.6 Å². The normalized spacial score (nSPS) is 16.8. The summed E-state index contributed by atoms with van der Waals surface area (Å²) in [7, 11) is 0. The first-order valence-electron chi connectivity index (χ1n) is 11.3. The van der Waals surface area contributed by atoms with Crippen molar-refractivity contribution in [2.24, 2.45) is 5.92 Å². The average Bonchev–Trinajstić information content (AvgIpc) is 3.17. The molecule has 1 N–H and O–H groups in total. The molecule has 0 bridgehead atoms. The summed E-state index contributed by atoms with van der Waals surface area (Å²) in [6, 6.07) is 9.87. The smallest absolute Gasteiger partial charge is 0.243 e. The van der Waals surface area contributed by atoms with Gasteiger partial charge in [-0.1, -0.05) is 43.7 Å². The third-order valence-corrected chi connectivity index (χ3v) is 6.20. The van der Waals surface area contributed by atoms with Crippen molar-refractivity contribution in [3.05, 3.63) is 65.5 Å². The molecule has 8 heteroatoms. The topological polar surface area (TPSA) is 59.4 Å². The molecule has 3 aromatic rings. The Labute approximate surface area is 192 Å². The van der Waals surface area contributed by atoms with E-state index >= 15 is 0 Å². The van der Waals surface area contributed by atoms with Gasteiger partial charge in [0.25, 0.3) is 0 Å². The van der Waals surface area contributed by atoms with Crippen LogP contribution in [0.5, 0.6) is 0 Å². The van der Waals surface area contributed by atoms with Gasteiger partial charge < -0.3 is 14.6 Å². The molecule has 0 spiro atoms. The van der Waals surface area contributed by atoms with Gasteiger partial charge in [-0.3, -0.25) is 9.69 Å². The van der Waals surface area contributed by atoms with Gasteiger partial charge in [-0.05, 0) is 18.4 Å². The first-order valence-corrected chi connectivity index (χ1v) is 11.3. The molecule has 176 valence electrons. The molecule has 2 aromatic carbocycles. The molecule has 1 aliphatic rings. The summed E-state index contributed by atoms with van der Waals surface area (Å²) >= 11 is 0. The number of ether oxygens (including phenoxy) is 1. The van der Waals surface area contributed by atoms with Crippen LogP contribution in [0.25, 0.3) is 11.0 Å². The van der Waals surface area contributed by atoms with E-state index in [9.17, 15) is 13.6 Å². The highest BCUT2D eigenvalue weighted by molar-refractivity contribution is 5.84. The zero-order valence-corrected chi connectivity index (χ0v) is 19.2. The van der Waals surface area contributed by atoms with Gasteiger partial charge in [-0.15, -0.1) is 0 Å². The van der Waals surface area contributed by atoms with Gasteiger partial charge in [-0.2, -0.15) is 0 Å². The van der Waals surface area contributed by atoms with Crippen molar-refractivity contribution in [1.82, 2.24) is 19.8 Å². The Balaban J connectivity index is 1.58. The molecule has 1 saturated heterocycles. The Morgan fingerprint density at radius 3 is 2.58 bits per heavy atom. The lowest BCUT2D eigenvalue weighted by molar-refractivity contribution is -0.125. The van der Waals surface area contributed by atoms with Crippen molar-refractivity contribution >= 4 is 16.9 Å². The zero-order valence-electron chi connectivity index (χ0n) is 19.2. The SMILES string of the molecule is Cc1cccc(C(CNC(=O)C(C(C)C)n2cnc3cc(F)c(F)cc32)N2CCOCC2)c1. The second-order valence-electron chi connectivity index (χ2n) is 8.92. The largest absolute Gasteiger partial charge is 0.379 e. The highest BCUT2D eigenvalue weighted by Crippen LogP contribution is 2.27. The first-order chi connectivity index (χ1) is 15.8. The molecule has 2 heterocycles. The minimum absolute atomic E-state index is 0.0108. The Hall–Kier alpha value is -2.84. The van der Waals surface area contributed by atoms with E-state index in [1.807, 2.05) is 19.9 Å². The van der Waals surface area contributed by atoms with Crippen molar-refractivity contribution in [2.75, 3.05) is 32.8 Å². The van der Waals surface area contributed by atoms with E-state index < -0.39 is 17.7 Å². The number of amides is 1. The van der Waals surface area contributed by atoms with E-state index in [1.54, 1.807) is 4.57 Å². The minimum atomic E-state index is -0.959. The molecule has 0 radical (unpaired) electrons. The zero-order chi connectivity index (χ0) is 23.5. The van der Waals surface area contributed by atoms with Crippen molar-refractivity contribution in [3.63, 3.8) is 0 Å². The van der Waals surface area contributed by atoms with Crippen molar-refractivity contribution in [2.45, 2.75) is 32.9 Å². The van der Waals surface area contributed by atoms with Crippen molar-refractivity contribution in [1.29, 1.82) is 0 Å². The van der Waals surface area contributed by atoms with Crippen LogP contribution < -0.4 is 5.32 Å². The van der Waals surface area contributed by atoms with Gasteiger partial charge in [0, 0.05) is 31.8 Å². The van der Waals surface area contributed by atoms with E-state index in [2.05, 4.69) is 40.3 Å². The molecule has 6 nitrogen and oxygen atoms in total. The van der Waals surface area contributed by atoms with Crippen LogP contribution in [0.2, 0.25) is 0 Å². The summed E-state index contributed by atoms with van der Waals surface area (Å²) in [5.74, 6) is -2.18. The number of nitrogens with one attached hydrogen (secondary N) is 1. The fourth-order valence-corrected chi connectivity index (χ4v) is 4.52. The predicted molar refractivity (Wildman–Crippen MR) is 123 cm³/mol. The summed E-state index contributed by atoms with van der Waals surface area (Å²) in [6.07, 6.45) is 1.48. The number of aryl methyl sites for hydroxylation is 1. The quantitative estimate of drug-likeness (QED) is 0.584. The van der Waals surface area contributed by atoms with Gasteiger partial charge in [0.1, 0.15) is 6.04 Å². The Kier molecular flexibility index (Phi) is 7.05. The number of benzene rings is 2. The monoisotopic (exact) mass is 456 g/mol. The number of fused-ring (bicyclic) bond motifs is 1. The first kappa shape index (κ1) is 23.3. The molecule has 1 aromatic heterocycles. The van der Waals surface area contributed by atoms with Crippen molar-refractivity contribution < 1.29 is 18.3 Å². The minimum Gasteiger partial charge on any atom is -0.379 e. The number of hydrogen-bond acceptors (Lipinski definition) is 4. The molecular formula is C25H30F2N4O2. The van der Waals surface area contributed by atoms with Crippen LogP contribution in [0.3, 0.4) is 0 Å². The lowest BCUT2D eigenvalue weighted by Crippen LogP contribution is -2.45. The molecule has 2 atom stereocenters. The van der Waals surface area contributed by atoms with Crippen LogP contribution in [0.1, 0.15) is 37.1 Å². The summed E-state index contributed by atoms with van der Waals surface area (Å²) in [5, 5.41) is 3.12. The third-order valence-electron chi connectivity index (χ3n) is 6.20. The van der Waals surface area contributed by atoms with Gasteiger partial charge in [-0.25, -0.2) is 13.8 Å². The van der Waals surface area contributed by atoms with Crippen LogP contribution in [-0.4, -0.2) is 53.2 Å². The van der Waals surface area contributed by atoms with E-state index in [4.69, 9.17) is 4.74 Å². The molecule has 0 saturated carbocycles. The van der Waals surface area contributed by atoms with Crippen molar-refractivity contribution in [3.8, 4) is 0 Å². The highest BCUT2D eigenvalue weighted by Gasteiger charge is 2.29. The van der Waals surface area contributed by atoms with Crippen LogP contribution in [-0.2, 0) is 9.53 Å². The summed E-state index contributed by atoms with van der Waals surface area (Å²) in [4.78, 5) is 19.9. The molecule has 1 amide bonds. The fourth-order valence-electron chi connectivity index (χ4n) is 4.52. The highest BCUT2D eigenvalue weighted by atomic mass is 19.2. The number of rotatable bonds is 7. The maximum atomic E-state index is 13.9. The number of morpholine rings is 1. The van der Waals surface area contributed by atoms with Gasteiger partial charge in [0.05, 0.1) is 36.6 Å². The molecule has 1 fully saturated rings. The van der Waals surface area contributed by atoms with E-state index in [0.29, 0.717) is 30.8 Å². The van der Waals surface area contributed by atoms with E-state index in [-0.39, 0.29) is 17.9 Å². The number of aromatic nitrogens is 2. The summed E-state index contributed by atoms with van der Waals surface area (Å²) < 4.78 is 34.7. The molecule has 1 aliphatic heterocycles. The average molecular weight is 457 g/mol. The van der Waals surface area contributed by atoms with Crippen LogP contribution >= 0.6 is 0 Å². The molecule has 33 heavy (non-hydrogen) atoms. The number of imidazole rings is 1. The Bertz CT molecular complexity index is 1120. The molecule has 0 aliphatic carbocycles. The second kappa shape index (κ2) is 9.97. The van der Waals surface area contributed by atoms with E-state index in [1.165, 1.54) is 6.33 Å². The number of hydrogen-bond donors (Lipinski definition) is 1. The number of halogens is 2. The maximum Gasteiger partial charge on any atom is 0.243 e. The van der Waals surface area contributed by atoms with Gasteiger partial charge >= 0.3 is 0 Å². The summed E-state index contributed by atoms with van der Waals surface area (Å²) in [6.45, 7) is 9.24. The lowest BCUT2D eigenvalue weighted by atomic mass is 10.0. The number of carbonyl (C=O) groups is 1.